The average molecular weight is 323 g/mol. The van der Waals surface area contributed by atoms with Crippen molar-refractivity contribution in [3.8, 4) is 0 Å². The van der Waals surface area contributed by atoms with E-state index in [4.69, 9.17) is 0 Å². The molecule has 1 aliphatic heterocycles. The molecule has 0 saturated carbocycles. The SMILES string of the molecule is Brc1ccc(Br)c(NC2CSC2)c1. The number of benzene rings is 1. The largest absolute Gasteiger partial charge is 0.380 e. The van der Waals surface area contributed by atoms with Gasteiger partial charge >= 0.3 is 0 Å². The third-order valence-corrected chi connectivity index (χ3v) is 4.39. The first-order valence-electron chi connectivity index (χ1n) is 4.05. The maximum Gasteiger partial charge on any atom is 0.0498 e. The highest BCUT2D eigenvalue weighted by molar-refractivity contribution is 9.11. The van der Waals surface area contributed by atoms with Gasteiger partial charge in [-0.3, -0.25) is 0 Å². The molecule has 1 saturated heterocycles. The first-order valence-corrected chi connectivity index (χ1v) is 6.79. The van der Waals surface area contributed by atoms with Crippen molar-refractivity contribution in [2.24, 2.45) is 0 Å². The fraction of sp³-hybridized carbons (Fsp3) is 0.333. The topological polar surface area (TPSA) is 12.0 Å². The van der Waals surface area contributed by atoms with Gasteiger partial charge in [0.1, 0.15) is 0 Å². The van der Waals surface area contributed by atoms with Gasteiger partial charge in [-0.15, -0.1) is 0 Å². The number of nitrogens with one attached hydrogen (secondary N) is 1. The Labute approximate surface area is 98.9 Å². The molecule has 70 valence electrons. The number of halogens is 2. The smallest absolute Gasteiger partial charge is 0.0498 e. The lowest BCUT2D eigenvalue weighted by molar-refractivity contribution is 0.881. The molecule has 1 nitrogen and oxygen atoms in total. The molecule has 0 spiro atoms. The summed E-state index contributed by atoms with van der Waals surface area (Å²) in [5, 5.41) is 3.49. The van der Waals surface area contributed by atoms with Gasteiger partial charge in [0.05, 0.1) is 0 Å². The van der Waals surface area contributed by atoms with E-state index in [0.717, 1.165) is 8.95 Å². The summed E-state index contributed by atoms with van der Waals surface area (Å²) in [5.74, 6) is 2.44. The lowest BCUT2D eigenvalue weighted by Crippen LogP contribution is -2.33. The molecule has 1 heterocycles. The van der Waals surface area contributed by atoms with Crippen molar-refractivity contribution in [1.29, 1.82) is 0 Å². The highest BCUT2D eigenvalue weighted by Crippen LogP contribution is 2.29. The van der Waals surface area contributed by atoms with Crippen molar-refractivity contribution < 1.29 is 0 Å². The monoisotopic (exact) mass is 321 g/mol. The maximum absolute atomic E-state index is 3.52. The number of anilines is 1. The first kappa shape index (κ1) is 9.87. The van der Waals surface area contributed by atoms with Crippen LogP contribution in [-0.2, 0) is 0 Å². The van der Waals surface area contributed by atoms with E-state index >= 15 is 0 Å². The van der Waals surface area contributed by atoms with Gasteiger partial charge in [0.2, 0.25) is 0 Å². The molecule has 1 aromatic rings. The summed E-state index contributed by atoms with van der Waals surface area (Å²) in [4.78, 5) is 0. The second kappa shape index (κ2) is 4.24. The van der Waals surface area contributed by atoms with Gasteiger partial charge in [-0.25, -0.2) is 0 Å². The Morgan fingerprint density at radius 3 is 2.69 bits per heavy atom. The van der Waals surface area contributed by atoms with E-state index in [1.165, 1.54) is 17.2 Å². The summed E-state index contributed by atoms with van der Waals surface area (Å²) in [7, 11) is 0. The highest BCUT2D eigenvalue weighted by Gasteiger charge is 2.18. The molecule has 1 aliphatic rings. The second-order valence-corrected chi connectivity index (χ2v) is 5.85. The Bertz CT molecular complexity index is 312. The van der Waals surface area contributed by atoms with Crippen LogP contribution in [0.4, 0.5) is 5.69 Å². The standard InChI is InChI=1S/C9H9Br2NS/c10-6-1-2-8(11)9(3-6)12-7-4-13-5-7/h1-3,7,12H,4-5H2. The van der Waals surface area contributed by atoms with Crippen LogP contribution in [0.3, 0.4) is 0 Å². The molecule has 13 heavy (non-hydrogen) atoms. The Kier molecular flexibility index (Phi) is 3.22. The Morgan fingerprint density at radius 2 is 2.08 bits per heavy atom. The fourth-order valence-electron chi connectivity index (χ4n) is 1.15. The van der Waals surface area contributed by atoms with Crippen molar-refractivity contribution in [2.45, 2.75) is 6.04 Å². The normalized spacial score (nSPS) is 16.8. The molecule has 2 rings (SSSR count). The molecule has 0 aliphatic carbocycles. The van der Waals surface area contributed by atoms with Gasteiger partial charge in [0, 0.05) is 32.2 Å². The molecule has 0 bridgehead atoms. The predicted molar refractivity (Wildman–Crippen MR) is 66.6 cm³/mol. The van der Waals surface area contributed by atoms with Crippen molar-refractivity contribution in [3.63, 3.8) is 0 Å². The highest BCUT2D eigenvalue weighted by atomic mass is 79.9. The molecule has 0 radical (unpaired) electrons. The van der Waals surface area contributed by atoms with Crippen molar-refractivity contribution in [1.82, 2.24) is 0 Å². The van der Waals surface area contributed by atoms with Crippen LogP contribution in [0.2, 0.25) is 0 Å². The van der Waals surface area contributed by atoms with Crippen molar-refractivity contribution in [2.75, 3.05) is 16.8 Å². The van der Waals surface area contributed by atoms with Crippen molar-refractivity contribution >= 4 is 49.3 Å². The van der Waals surface area contributed by atoms with Gasteiger partial charge in [-0.05, 0) is 34.1 Å². The zero-order chi connectivity index (χ0) is 9.26. The minimum atomic E-state index is 0.649. The minimum Gasteiger partial charge on any atom is -0.380 e. The number of thioether (sulfide) groups is 1. The van der Waals surface area contributed by atoms with Crippen molar-refractivity contribution in [3.05, 3.63) is 27.1 Å². The summed E-state index contributed by atoms with van der Waals surface area (Å²) in [6, 6.07) is 6.84. The van der Waals surface area contributed by atoms with Crippen LogP contribution >= 0.6 is 43.6 Å². The second-order valence-electron chi connectivity index (χ2n) is 3.00. The summed E-state index contributed by atoms with van der Waals surface area (Å²) in [6.07, 6.45) is 0. The lowest BCUT2D eigenvalue weighted by atomic mass is 10.3. The van der Waals surface area contributed by atoms with Crippen LogP contribution in [0.25, 0.3) is 0 Å². The number of hydrogen-bond donors (Lipinski definition) is 1. The van der Waals surface area contributed by atoms with Crippen LogP contribution in [-0.4, -0.2) is 17.5 Å². The maximum atomic E-state index is 3.52. The van der Waals surface area contributed by atoms with Gasteiger partial charge in [0.25, 0.3) is 0 Å². The first-order chi connectivity index (χ1) is 6.25. The Balaban J connectivity index is 2.13. The zero-order valence-corrected chi connectivity index (χ0v) is 10.9. The molecule has 0 amide bonds. The Morgan fingerprint density at radius 1 is 1.31 bits per heavy atom. The summed E-state index contributed by atoms with van der Waals surface area (Å²) in [5.41, 5.74) is 1.18. The summed E-state index contributed by atoms with van der Waals surface area (Å²) >= 11 is 8.97. The molecular weight excluding hydrogens is 314 g/mol. The molecule has 0 unspecified atom stereocenters. The number of rotatable bonds is 2. The molecule has 4 heteroatoms. The third kappa shape index (κ3) is 2.42. The van der Waals surface area contributed by atoms with Crippen LogP contribution < -0.4 is 5.32 Å². The van der Waals surface area contributed by atoms with Gasteiger partial charge in [-0.1, -0.05) is 15.9 Å². The van der Waals surface area contributed by atoms with E-state index < -0.39 is 0 Å². The minimum absolute atomic E-state index is 0.649. The lowest BCUT2D eigenvalue weighted by Gasteiger charge is -2.27. The molecule has 0 aromatic heterocycles. The molecule has 1 N–H and O–H groups in total. The zero-order valence-electron chi connectivity index (χ0n) is 6.89. The molecule has 1 fully saturated rings. The van der Waals surface area contributed by atoms with E-state index in [2.05, 4.69) is 49.3 Å². The quantitative estimate of drug-likeness (QED) is 0.890. The molecular formula is C9H9Br2NS. The third-order valence-electron chi connectivity index (χ3n) is 1.93. The van der Waals surface area contributed by atoms with E-state index in [0.29, 0.717) is 6.04 Å². The molecule has 1 aromatic carbocycles. The van der Waals surface area contributed by atoms with E-state index in [1.54, 1.807) is 0 Å². The average Bonchev–Trinajstić information content (AvgIpc) is 2.03. The molecule has 0 atom stereocenters. The number of hydrogen-bond acceptors (Lipinski definition) is 2. The van der Waals surface area contributed by atoms with Crippen LogP contribution in [0.1, 0.15) is 0 Å². The van der Waals surface area contributed by atoms with Gasteiger partial charge in [0.15, 0.2) is 0 Å². The van der Waals surface area contributed by atoms with Gasteiger partial charge < -0.3 is 5.32 Å². The predicted octanol–water partition coefficient (Wildman–Crippen LogP) is 3.74. The van der Waals surface area contributed by atoms with E-state index in [-0.39, 0.29) is 0 Å². The van der Waals surface area contributed by atoms with E-state index in [1.807, 2.05) is 17.8 Å². The van der Waals surface area contributed by atoms with E-state index in [9.17, 15) is 0 Å². The summed E-state index contributed by atoms with van der Waals surface area (Å²) in [6.45, 7) is 0. The van der Waals surface area contributed by atoms with Crippen LogP contribution in [0.5, 0.6) is 0 Å². The van der Waals surface area contributed by atoms with Gasteiger partial charge in [-0.2, -0.15) is 11.8 Å². The summed E-state index contributed by atoms with van der Waals surface area (Å²) < 4.78 is 2.25. The van der Waals surface area contributed by atoms with Crippen LogP contribution in [0, 0.1) is 0 Å². The van der Waals surface area contributed by atoms with Crippen LogP contribution in [0.15, 0.2) is 27.1 Å². The fourth-order valence-corrected chi connectivity index (χ4v) is 2.51. The Hall–Kier alpha value is 0.330.